The van der Waals surface area contributed by atoms with Crippen molar-refractivity contribution in [3.8, 4) is 0 Å². The van der Waals surface area contributed by atoms with Crippen LogP contribution < -0.4 is 10.2 Å². The van der Waals surface area contributed by atoms with E-state index in [2.05, 4.69) is 19.2 Å². The van der Waals surface area contributed by atoms with E-state index in [0.717, 1.165) is 17.7 Å². The van der Waals surface area contributed by atoms with E-state index in [1.54, 1.807) is 30.1 Å². The Morgan fingerprint density at radius 1 is 1.30 bits per heavy atom. The molecule has 1 saturated heterocycles. The van der Waals surface area contributed by atoms with Gasteiger partial charge >= 0.3 is 0 Å². The van der Waals surface area contributed by atoms with E-state index in [-0.39, 0.29) is 29.2 Å². The standard InChI is InChI=1S/C22H33N3O4S/c1-15(2)10-11-23-20(26)16-7-6-12-25(14-16)30(28,29)17-8-9-19-18(13-17)22(3,4)21(27)24(19)5/h8-9,13,15-16H,6-7,10-12,14H2,1-5H3,(H,23,26). The van der Waals surface area contributed by atoms with Crippen molar-refractivity contribution in [2.45, 2.75) is 57.3 Å². The molecule has 0 radical (unpaired) electrons. The minimum absolute atomic E-state index is 0.0526. The van der Waals surface area contributed by atoms with Crippen molar-refractivity contribution in [3.05, 3.63) is 23.8 Å². The molecule has 0 spiro atoms. The van der Waals surface area contributed by atoms with E-state index in [9.17, 15) is 18.0 Å². The lowest BCUT2D eigenvalue weighted by atomic mass is 9.86. The van der Waals surface area contributed by atoms with Crippen molar-refractivity contribution in [3.63, 3.8) is 0 Å². The number of fused-ring (bicyclic) bond motifs is 1. The molecule has 30 heavy (non-hydrogen) atoms. The molecule has 0 bridgehead atoms. The average molecular weight is 436 g/mol. The highest BCUT2D eigenvalue weighted by Gasteiger charge is 2.43. The van der Waals surface area contributed by atoms with Crippen molar-refractivity contribution in [2.24, 2.45) is 11.8 Å². The Labute approximate surface area is 179 Å². The molecule has 0 aliphatic carbocycles. The summed E-state index contributed by atoms with van der Waals surface area (Å²) in [6.07, 6.45) is 2.24. The number of nitrogens with zero attached hydrogens (tertiary/aromatic N) is 2. The number of benzene rings is 1. The summed E-state index contributed by atoms with van der Waals surface area (Å²) >= 11 is 0. The second-order valence-corrected chi connectivity index (χ2v) is 11.3. The molecule has 3 rings (SSSR count). The number of hydrogen-bond acceptors (Lipinski definition) is 4. The van der Waals surface area contributed by atoms with Crippen LogP contribution in [0.4, 0.5) is 5.69 Å². The molecule has 2 aliphatic rings. The van der Waals surface area contributed by atoms with Gasteiger partial charge in [-0.1, -0.05) is 13.8 Å². The molecule has 1 aromatic carbocycles. The van der Waals surface area contributed by atoms with Gasteiger partial charge in [-0.05, 0) is 62.8 Å². The fourth-order valence-electron chi connectivity index (χ4n) is 4.26. The van der Waals surface area contributed by atoms with Crippen molar-refractivity contribution in [2.75, 3.05) is 31.6 Å². The third-order valence-electron chi connectivity index (χ3n) is 6.26. The van der Waals surface area contributed by atoms with Gasteiger partial charge in [-0.25, -0.2) is 8.42 Å². The lowest BCUT2D eigenvalue weighted by molar-refractivity contribution is -0.126. The molecule has 1 N–H and O–H groups in total. The summed E-state index contributed by atoms with van der Waals surface area (Å²) in [7, 11) is -2.04. The molecule has 2 amide bonds. The van der Waals surface area contributed by atoms with Gasteiger partial charge in [0.05, 0.1) is 16.2 Å². The summed E-state index contributed by atoms with van der Waals surface area (Å²) < 4.78 is 28.1. The molecule has 1 unspecified atom stereocenters. The average Bonchev–Trinajstić information content (AvgIpc) is 2.88. The first-order valence-electron chi connectivity index (χ1n) is 10.7. The van der Waals surface area contributed by atoms with Crippen LogP contribution in [0.5, 0.6) is 0 Å². The van der Waals surface area contributed by atoms with Crippen molar-refractivity contribution in [1.29, 1.82) is 0 Å². The number of rotatable bonds is 6. The van der Waals surface area contributed by atoms with Crippen LogP contribution >= 0.6 is 0 Å². The van der Waals surface area contributed by atoms with E-state index in [1.165, 1.54) is 4.31 Å². The van der Waals surface area contributed by atoms with Crippen LogP contribution in [0.15, 0.2) is 23.1 Å². The Bertz CT molecular complexity index is 940. The van der Waals surface area contributed by atoms with Gasteiger partial charge < -0.3 is 10.2 Å². The van der Waals surface area contributed by atoms with Gasteiger partial charge in [0.25, 0.3) is 0 Å². The highest BCUT2D eigenvalue weighted by Crippen LogP contribution is 2.42. The highest BCUT2D eigenvalue weighted by atomic mass is 32.2. The van der Waals surface area contributed by atoms with Crippen molar-refractivity contribution >= 4 is 27.5 Å². The minimum atomic E-state index is -3.75. The van der Waals surface area contributed by atoms with Gasteiger partial charge in [-0.15, -0.1) is 0 Å². The van der Waals surface area contributed by atoms with Crippen LogP contribution in [0.2, 0.25) is 0 Å². The smallest absolute Gasteiger partial charge is 0.243 e. The number of hydrogen-bond donors (Lipinski definition) is 1. The van der Waals surface area contributed by atoms with E-state index in [1.807, 2.05) is 13.8 Å². The van der Waals surface area contributed by atoms with Crippen LogP contribution in [-0.4, -0.2) is 51.2 Å². The highest BCUT2D eigenvalue weighted by molar-refractivity contribution is 7.89. The normalized spacial score (nSPS) is 21.7. The zero-order chi connectivity index (χ0) is 22.3. The lowest BCUT2D eigenvalue weighted by Gasteiger charge is -2.31. The maximum absolute atomic E-state index is 13.3. The number of likely N-dealkylation sites (N-methyl/N-ethyl adjacent to an activating group) is 1. The van der Waals surface area contributed by atoms with Gasteiger partial charge in [0, 0.05) is 32.4 Å². The van der Waals surface area contributed by atoms with E-state index in [4.69, 9.17) is 0 Å². The summed E-state index contributed by atoms with van der Waals surface area (Å²) in [4.78, 5) is 26.8. The lowest BCUT2D eigenvalue weighted by Crippen LogP contribution is -2.45. The number of anilines is 1. The number of nitrogens with one attached hydrogen (secondary N) is 1. The van der Waals surface area contributed by atoms with E-state index < -0.39 is 15.4 Å². The Hall–Kier alpha value is -1.93. The molecule has 2 aliphatic heterocycles. The zero-order valence-electron chi connectivity index (χ0n) is 18.6. The Kier molecular flexibility index (Phi) is 6.30. The molecule has 1 atom stereocenters. The first-order valence-corrected chi connectivity index (χ1v) is 12.1. The number of carbonyl (C=O) groups excluding carboxylic acids is 2. The first-order chi connectivity index (χ1) is 14.0. The monoisotopic (exact) mass is 435 g/mol. The predicted octanol–water partition coefficient (Wildman–Crippen LogP) is 2.50. The molecule has 8 heteroatoms. The van der Waals surface area contributed by atoms with Crippen LogP contribution in [0, 0.1) is 11.8 Å². The van der Waals surface area contributed by atoms with Crippen LogP contribution in [0.3, 0.4) is 0 Å². The van der Waals surface area contributed by atoms with Crippen molar-refractivity contribution in [1.82, 2.24) is 9.62 Å². The Morgan fingerprint density at radius 3 is 2.67 bits per heavy atom. The molecule has 1 aromatic rings. The number of piperidine rings is 1. The maximum Gasteiger partial charge on any atom is 0.243 e. The van der Waals surface area contributed by atoms with Crippen LogP contribution in [0.25, 0.3) is 0 Å². The quantitative estimate of drug-likeness (QED) is 0.744. The molecular weight excluding hydrogens is 402 g/mol. The third-order valence-corrected chi connectivity index (χ3v) is 8.12. The Balaban J connectivity index is 1.78. The number of sulfonamides is 1. The maximum atomic E-state index is 13.3. The fourth-order valence-corrected chi connectivity index (χ4v) is 5.82. The molecule has 166 valence electrons. The molecule has 2 heterocycles. The second-order valence-electron chi connectivity index (χ2n) is 9.34. The summed E-state index contributed by atoms with van der Waals surface area (Å²) in [6, 6.07) is 4.89. The minimum Gasteiger partial charge on any atom is -0.356 e. The molecule has 7 nitrogen and oxygen atoms in total. The molecule has 0 aromatic heterocycles. The summed E-state index contributed by atoms with van der Waals surface area (Å²) in [5, 5.41) is 2.95. The molecule has 0 saturated carbocycles. The summed E-state index contributed by atoms with van der Waals surface area (Å²) in [6.45, 7) is 9.03. The van der Waals surface area contributed by atoms with Gasteiger partial charge in [0.15, 0.2) is 0 Å². The van der Waals surface area contributed by atoms with E-state index in [0.29, 0.717) is 31.8 Å². The SMILES string of the molecule is CC(C)CCNC(=O)C1CCCN(S(=O)(=O)c2ccc3c(c2)C(C)(C)C(=O)N3C)C1. The topological polar surface area (TPSA) is 86.8 Å². The third kappa shape index (κ3) is 4.12. The fraction of sp³-hybridized carbons (Fsp3) is 0.636. The van der Waals surface area contributed by atoms with Crippen LogP contribution in [-0.2, 0) is 25.0 Å². The summed E-state index contributed by atoms with van der Waals surface area (Å²) in [5.74, 6) is 0.0452. The van der Waals surface area contributed by atoms with Gasteiger partial charge in [0.2, 0.25) is 21.8 Å². The zero-order valence-corrected chi connectivity index (χ0v) is 19.4. The van der Waals surface area contributed by atoms with Gasteiger partial charge in [-0.3, -0.25) is 9.59 Å². The first kappa shape index (κ1) is 22.7. The number of amides is 2. The van der Waals surface area contributed by atoms with Crippen LogP contribution in [0.1, 0.15) is 52.5 Å². The Morgan fingerprint density at radius 2 is 2.00 bits per heavy atom. The predicted molar refractivity (Wildman–Crippen MR) is 117 cm³/mol. The number of carbonyl (C=O) groups is 2. The molecule has 1 fully saturated rings. The summed E-state index contributed by atoms with van der Waals surface area (Å²) in [5.41, 5.74) is 0.692. The second kappa shape index (κ2) is 8.30. The van der Waals surface area contributed by atoms with Gasteiger partial charge in [-0.2, -0.15) is 4.31 Å². The van der Waals surface area contributed by atoms with Crippen molar-refractivity contribution < 1.29 is 18.0 Å². The largest absolute Gasteiger partial charge is 0.356 e. The molecular formula is C22H33N3O4S. The van der Waals surface area contributed by atoms with Gasteiger partial charge in [0.1, 0.15) is 0 Å². The van der Waals surface area contributed by atoms with E-state index >= 15 is 0 Å².